The van der Waals surface area contributed by atoms with Crippen LogP contribution in [0.1, 0.15) is 11.1 Å². The van der Waals surface area contributed by atoms with Crippen LogP contribution in [0.2, 0.25) is 0 Å². The van der Waals surface area contributed by atoms with Crippen molar-refractivity contribution in [3.63, 3.8) is 0 Å². The number of anilines is 2. The molecule has 1 amide bonds. The molecule has 0 spiro atoms. The van der Waals surface area contributed by atoms with Crippen molar-refractivity contribution in [1.29, 1.82) is 0 Å². The summed E-state index contributed by atoms with van der Waals surface area (Å²) < 4.78 is 0. The third-order valence-corrected chi connectivity index (χ3v) is 3.54. The molecule has 0 aliphatic carbocycles. The highest BCUT2D eigenvalue weighted by molar-refractivity contribution is 6.03. The van der Waals surface area contributed by atoms with Gasteiger partial charge in [-0.15, -0.1) is 0 Å². The first kappa shape index (κ1) is 12.5. The Hall–Kier alpha value is -2.49. The molecule has 1 aliphatic heterocycles. The number of benzene rings is 2. The Morgan fingerprint density at radius 1 is 1.15 bits per heavy atom. The number of hydrogen-bond donors (Lipinski definition) is 3. The zero-order valence-corrected chi connectivity index (χ0v) is 11.2. The minimum atomic E-state index is -0.297. The van der Waals surface area contributed by atoms with Gasteiger partial charge in [0.1, 0.15) is 11.8 Å². The monoisotopic (exact) mass is 268 g/mol. The minimum absolute atomic E-state index is 0.0279. The lowest BCUT2D eigenvalue weighted by molar-refractivity contribution is -0.117. The van der Waals surface area contributed by atoms with Crippen LogP contribution in [0.4, 0.5) is 11.4 Å². The van der Waals surface area contributed by atoms with E-state index in [-0.39, 0.29) is 17.7 Å². The summed E-state index contributed by atoms with van der Waals surface area (Å²) in [5, 5.41) is 15.5. The Morgan fingerprint density at radius 3 is 2.65 bits per heavy atom. The summed E-state index contributed by atoms with van der Waals surface area (Å²) in [7, 11) is 0. The molecule has 0 aromatic heterocycles. The summed E-state index contributed by atoms with van der Waals surface area (Å²) in [6.07, 6.45) is 0.583. The lowest BCUT2D eigenvalue weighted by Gasteiger charge is -2.28. The summed E-state index contributed by atoms with van der Waals surface area (Å²) in [4.78, 5) is 12.2. The summed E-state index contributed by atoms with van der Waals surface area (Å²) in [5.41, 5.74) is 3.87. The molecule has 0 saturated carbocycles. The minimum Gasteiger partial charge on any atom is -0.508 e. The molecule has 0 bridgehead atoms. The molecule has 3 rings (SSSR count). The molecule has 3 N–H and O–H groups in total. The van der Waals surface area contributed by atoms with E-state index in [2.05, 4.69) is 10.6 Å². The molecular weight excluding hydrogens is 252 g/mol. The smallest absolute Gasteiger partial charge is 0.247 e. The second-order valence-electron chi connectivity index (χ2n) is 5.05. The molecule has 4 nitrogen and oxygen atoms in total. The number of amides is 1. The summed E-state index contributed by atoms with van der Waals surface area (Å²) in [6.45, 7) is 1.97. The molecule has 102 valence electrons. The van der Waals surface area contributed by atoms with Gasteiger partial charge in [0, 0.05) is 6.42 Å². The lowest BCUT2D eigenvalue weighted by atomic mass is 10.0. The van der Waals surface area contributed by atoms with Crippen LogP contribution in [0.15, 0.2) is 42.5 Å². The third kappa shape index (κ3) is 2.32. The molecule has 1 aliphatic rings. The van der Waals surface area contributed by atoms with Gasteiger partial charge >= 0.3 is 0 Å². The number of carbonyl (C=O) groups excluding carboxylic acids is 1. The Labute approximate surface area is 117 Å². The first-order valence-electron chi connectivity index (χ1n) is 6.58. The van der Waals surface area contributed by atoms with Gasteiger partial charge in [0.2, 0.25) is 5.91 Å². The van der Waals surface area contributed by atoms with E-state index in [0.717, 1.165) is 22.5 Å². The van der Waals surface area contributed by atoms with E-state index in [1.165, 1.54) is 0 Å². The van der Waals surface area contributed by atoms with Crippen molar-refractivity contribution >= 4 is 17.3 Å². The molecule has 2 aromatic rings. The van der Waals surface area contributed by atoms with Crippen molar-refractivity contribution in [2.45, 2.75) is 19.4 Å². The van der Waals surface area contributed by atoms with Gasteiger partial charge in [-0.2, -0.15) is 0 Å². The molecule has 1 unspecified atom stereocenters. The number of aromatic hydroxyl groups is 1. The van der Waals surface area contributed by atoms with Crippen molar-refractivity contribution in [1.82, 2.24) is 0 Å². The zero-order chi connectivity index (χ0) is 14.1. The maximum atomic E-state index is 12.2. The van der Waals surface area contributed by atoms with E-state index >= 15 is 0 Å². The fourth-order valence-corrected chi connectivity index (χ4v) is 2.43. The van der Waals surface area contributed by atoms with Crippen molar-refractivity contribution in [3.05, 3.63) is 53.6 Å². The average Bonchev–Trinajstić information content (AvgIpc) is 2.43. The Morgan fingerprint density at radius 2 is 1.90 bits per heavy atom. The number of hydrogen-bond acceptors (Lipinski definition) is 3. The van der Waals surface area contributed by atoms with E-state index in [1.807, 2.05) is 37.3 Å². The van der Waals surface area contributed by atoms with Crippen LogP contribution in [0.5, 0.6) is 5.75 Å². The molecule has 2 aromatic carbocycles. The lowest BCUT2D eigenvalue weighted by Crippen LogP contribution is -2.40. The first-order valence-corrected chi connectivity index (χ1v) is 6.58. The number of phenols is 1. The van der Waals surface area contributed by atoms with Crippen LogP contribution in [-0.2, 0) is 11.2 Å². The normalized spacial score (nSPS) is 17.1. The average molecular weight is 268 g/mol. The molecule has 0 radical (unpaired) electrons. The summed E-state index contributed by atoms with van der Waals surface area (Å²) in [6, 6.07) is 12.5. The van der Waals surface area contributed by atoms with Crippen molar-refractivity contribution in [2.75, 3.05) is 10.6 Å². The van der Waals surface area contributed by atoms with Gasteiger partial charge in [-0.1, -0.05) is 24.3 Å². The fourth-order valence-electron chi connectivity index (χ4n) is 2.43. The van der Waals surface area contributed by atoms with E-state index in [0.29, 0.717) is 6.42 Å². The Balaban J connectivity index is 1.82. The fraction of sp³-hybridized carbons (Fsp3) is 0.188. The van der Waals surface area contributed by atoms with Crippen LogP contribution >= 0.6 is 0 Å². The number of para-hydroxylation sites is 1. The molecule has 1 atom stereocenters. The van der Waals surface area contributed by atoms with Gasteiger partial charge in [-0.25, -0.2) is 0 Å². The van der Waals surface area contributed by atoms with Gasteiger partial charge in [0.15, 0.2) is 0 Å². The summed E-state index contributed by atoms with van der Waals surface area (Å²) >= 11 is 0. The van der Waals surface area contributed by atoms with Crippen LogP contribution in [-0.4, -0.2) is 17.1 Å². The van der Waals surface area contributed by atoms with E-state index in [4.69, 9.17) is 0 Å². The third-order valence-electron chi connectivity index (χ3n) is 3.54. The van der Waals surface area contributed by atoms with Gasteiger partial charge in [0.05, 0.1) is 11.4 Å². The van der Waals surface area contributed by atoms with Crippen molar-refractivity contribution < 1.29 is 9.90 Å². The van der Waals surface area contributed by atoms with Gasteiger partial charge in [0.25, 0.3) is 0 Å². The second kappa shape index (κ2) is 4.89. The van der Waals surface area contributed by atoms with Crippen LogP contribution < -0.4 is 10.6 Å². The number of aryl methyl sites for hydroxylation is 1. The largest absolute Gasteiger partial charge is 0.508 e. The number of phenolic OH excluding ortho intramolecular Hbond substituents is 1. The van der Waals surface area contributed by atoms with E-state index in [1.54, 1.807) is 12.1 Å². The highest BCUT2D eigenvalue weighted by Crippen LogP contribution is 2.30. The molecule has 0 saturated heterocycles. The maximum absolute atomic E-state index is 12.2. The standard InChI is InChI=1S/C16H16N2O2/c1-10-3-2-4-13-15(10)18-16(20)14(17-13)9-11-5-7-12(19)8-6-11/h2-8,14,17,19H,9H2,1H3,(H,18,20). The maximum Gasteiger partial charge on any atom is 0.247 e. The molecule has 0 fully saturated rings. The van der Waals surface area contributed by atoms with Crippen molar-refractivity contribution in [3.8, 4) is 5.75 Å². The second-order valence-corrected chi connectivity index (χ2v) is 5.05. The number of carbonyl (C=O) groups is 1. The highest BCUT2D eigenvalue weighted by atomic mass is 16.3. The number of fused-ring (bicyclic) bond motifs is 1. The molecule has 20 heavy (non-hydrogen) atoms. The van der Waals surface area contributed by atoms with E-state index < -0.39 is 0 Å². The SMILES string of the molecule is Cc1cccc2c1NC(=O)C(Cc1ccc(O)cc1)N2. The number of rotatable bonds is 2. The van der Waals surface area contributed by atoms with Gasteiger partial charge in [-0.3, -0.25) is 4.79 Å². The Kier molecular flexibility index (Phi) is 3.06. The quantitative estimate of drug-likeness (QED) is 0.784. The van der Waals surface area contributed by atoms with Crippen LogP contribution in [0.3, 0.4) is 0 Å². The molecular formula is C16H16N2O2. The highest BCUT2D eigenvalue weighted by Gasteiger charge is 2.26. The van der Waals surface area contributed by atoms with Crippen molar-refractivity contribution in [2.24, 2.45) is 0 Å². The van der Waals surface area contributed by atoms with Crippen LogP contribution in [0.25, 0.3) is 0 Å². The predicted molar refractivity (Wildman–Crippen MR) is 79.0 cm³/mol. The predicted octanol–water partition coefficient (Wildman–Crippen LogP) is 2.68. The zero-order valence-electron chi connectivity index (χ0n) is 11.2. The van der Waals surface area contributed by atoms with Gasteiger partial charge in [-0.05, 0) is 36.2 Å². The summed E-state index contributed by atoms with van der Waals surface area (Å²) in [5.74, 6) is 0.204. The molecule has 1 heterocycles. The first-order chi connectivity index (χ1) is 9.63. The molecule has 4 heteroatoms. The Bertz CT molecular complexity index is 650. The van der Waals surface area contributed by atoms with Gasteiger partial charge < -0.3 is 15.7 Å². The number of nitrogens with one attached hydrogen (secondary N) is 2. The van der Waals surface area contributed by atoms with Crippen LogP contribution in [0, 0.1) is 6.92 Å². The van der Waals surface area contributed by atoms with E-state index in [9.17, 15) is 9.90 Å². The topological polar surface area (TPSA) is 61.4 Å².